The zero-order chi connectivity index (χ0) is 11.0. The van der Waals surface area contributed by atoms with Gasteiger partial charge in [-0.05, 0) is 57.3 Å². The molecule has 4 rings (SSSR count). The van der Waals surface area contributed by atoms with Crippen molar-refractivity contribution < 1.29 is 0 Å². The molecule has 2 aliphatic carbocycles. The van der Waals surface area contributed by atoms with Crippen molar-refractivity contribution in [3.63, 3.8) is 0 Å². The fourth-order valence-corrected chi connectivity index (χ4v) is 4.36. The van der Waals surface area contributed by atoms with E-state index in [9.17, 15) is 0 Å². The van der Waals surface area contributed by atoms with Gasteiger partial charge in [-0.25, -0.2) is 0 Å². The van der Waals surface area contributed by atoms with Crippen molar-refractivity contribution in [3.05, 3.63) is 0 Å². The Balaban J connectivity index is 1.73. The summed E-state index contributed by atoms with van der Waals surface area (Å²) in [7, 11) is 0. The van der Waals surface area contributed by atoms with E-state index >= 15 is 0 Å². The van der Waals surface area contributed by atoms with Gasteiger partial charge in [-0.1, -0.05) is 19.3 Å². The Labute approximate surface area is 101 Å². The molecule has 0 unspecified atom stereocenters. The van der Waals surface area contributed by atoms with Gasteiger partial charge in [-0.15, -0.1) is 0 Å². The molecule has 2 saturated carbocycles. The van der Waals surface area contributed by atoms with Crippen LogP contribution in [-0.4, -0.2) is 23.5 Å². The van der Waals surface area contributed by atoms with Crippen LogP contribution < -0.4 is 0 Å². The number of hydrogen-bond acceptors (Lipinski definition) is 1. The van der Waals surface area contributed by atoms with E-state index in [-0.39, 0.29) is 0 Å². The van der Waals surface area contributed by atoms with Crippen molar-refractivity contribution in [2.24, 2.45) is 11.8 Å². The van der Waals surface area contributed by atoms with Crippen molar-refractivity contribution in [2.75, 3.05) is 13.1 Å². The molecule has 1 heteroatoms. The van der Waals surface area contributed by atoms with Gasteiger partial charge in [-0.2, -0.15) is 0 Å². The summed E-state index contributed by atoms with van der Waals surface area (Å²) in [4.78, 5) is 2.90. The van der Waals surface area contributed by atoms with E-state index in [0.29, 0.717) is 5.54 Å². The molecule has 16 heavy (non-hydrogen) atoms. The second kappa shape index (κ2) is 4.33. The van der Waals surface area contributed by atoms with Gasteiger partial charge >= 0.3 is 0 Å². The fraction of sp³-hybridized carbons (Fsp3) is 1.00. The molecule has 2 saturated heterocycles. The molecular formula is C15H27N. The van der Waals surface area contributed by atoms with Gasteiger partial charge in [0.15, 0.2) is 0 Å². The lowest BCUT2D eigenvalue weighted by molar-refractivity contribution is 0.0567. The van der Waals surface area contributed by atoms with Crippen molar-refractivity contribution in [3.8, 4) is 0 Å². The van der Waals surface area contributed by atoms with Crippen molar-refractivity contribution >= 4 is 0 Å². The number of rotatable bonds is 1. The van der Waals surface area contributed by atoms with E-state index < -0.39 is 0 Å². The quantitative estimate of drug-likeness (QED) is 0.650. The molecule has 0 spiro atoms. The summed E-state index contributed by atoms with van der Waals surface area (Å²) in [5.74, 6) is 2.08. The number of fused-ring (bicyclic) bond motifs is 4. The van der Waals surface area contributed by atoms with Crippen molar-refractivity contribution in [2.45, 2.75) is 70.3 Å². The van der Waals surface area contributed by atoms with E-state index in [0.717, 1.165) is 11.8 Å². The molecule has 2 bridgehead atoms. The Kier molecular flexibility index (Phi) is 2.99. The minimum absolute atomic E-state index is 0.573. The van der Waals surface area contributed by atoms with Crippen LogP contribution in [0.25, 0.3) is 0 Å². The van der Waals surface area contributed by atoms with Crippen LogP contribution in [0.4, 0.5) is 0 Å². The summed E-state index contributed by atoms with van der Waals surface area (Å²) in [6, 6.07) is 0. The molecular weight excluding hydrogens is 194 g/mol. The third-order valence-corrected chi connectivity index (χ3v) is 5.62. The third kappa shape index (κ3) is 2.03. The maximum Gasteiger partial charge on any atom is 0.0181 e. The normalized spacial score (nSPS) is 39.6. The Morgan fingerprint density at radius 2 is 1.31 bits per heavy atom. The van der Waals surface area contributed by atoms with Crippen molar-refractivity contribution in [1.29, 1.82) is 0 Å². The molecule has 0 aromatic heterocycles. The highest BCUT2D eigenvalue weighted by atomic mass is 15.2. The van der Waals surface area contributed by atoms with Crippen LogP contribution in [0.3, 0.4) is 0 Å². The average Bonchev–Trinajstić information content (AvgIpc) is 2.63. The molecule has 2 heterocycles. The van der Waals surface area contributed by atoms with E-state index in [1.165, 1.54) is 70.9 Å². The van der Waals surface area contributed by atoms with Gasteiger partial charge in [0.25, 0.3) is 0 Å². The SMILES string of the molecule is CC1(N2CC3CCC(CC3)C2)CCCCC1. The largest absolute Gasteiger partial charge is 0.297 e. The first-order valence-corrected chi connectivity index (χ1v) is 7.51. The van der Waals surface area contributed by atoms with Gasteiger partial charge in [-0.3, -0.25) is 4.90 Å². The summed E-state index contributed by atoms with van der Waals surface area (Å²) in [6.45, 7) is 5.40. The lowest BCUT2D eigenvalue weighted by Crippen LogP contribution is -2.49. The minimum atomic E-state index is 0.573. The molecule has 2 aliphatic heterocycles. The van der Waals surface area contributed by atoms with Gasteiger partial charge < -0.3 is 0 Å². The molecule has 92 valence electrons. The van der Waals surface area contributed by atoms with Crippen LogP contribution in [-0.2, 0) is 0 Å². The Morgan fingerprint density at radius 3 is 1.81 bits per heavy atom. The average molecular weight is 221 g/mol. The first-order chi connectivity index (χ1) is 7.76. The molecule has 0 radical (unpaired) electrons. The van der Waals surface area contributed by atoms with Gasteiger partial charge in [0.2, 0.25) is 0 Å². The molecule has 0 amide bonds. The first-order valence-electron chi connectivity index (χ1n) is 7.51. The Bertz CT molecular complexity index is 220. The molecule has 0 aromatic rings. The summed E-state index contributed by atoms with van der Waals surface area (Å²) in [5.41, 5.74) is 0.573. The summed E-state index contributed by atoms with van der Waals surface area (Å²) >= 11 is 0. The van der Waals surface area contributed by atoms with Gasteiger partial charge in [0, 0.05) is 18.6 Å². The highest BCUT2D eigenvalue weighted by molar-refractivity contribution is 4.94. The van der Waals surface area contributed by atoms with E-state index in [4.69, 9.17) is 0 Å². The Hall–Kier alpha value is -0.0400. The first kappa shape index (κ1) is 11.1. The third-order valence-electron chi connectivity index (χ3n) is 5.62. The lowest BCUT2D eigenvalue weighted by Gasteiger charge is -2.44. The maximum atomic E-state index is 2.90. The molecule has 0 atom stereocenters. The smallest absolute Gasteiger partial charge is 0.0181 e. The van der Waals surface area contributed by atoms with Crippen LogP contribution in [0.15, 0.2) is 0 Å². The molecule has 1 nitrogen and oxygen atoms in total. The van der Waals surface area contributed by atoms with Crippen LogP contribution in [0.5, 0.6) is 0 Å². The molecule has 4 aliphatic rings. The zero-order valence-electron chi connectivity index (χ0n) is 10.9. The highest BCUT2D eigenvalue weighted by Crippen LogP contribution is 2.40. The minimum Gasteiger partial charge on any atom is -0.297 e. The monoisotopic (exact) mass is 221 g/mol. The van der Waals surface area contributed by atoms with Crippen molar-refractivity contribution in [1.82, 2.24) is 4.90 Å². The lowest BCUT2D eigenvalue weighted by atomic mass is 9.81. The molecule has 0 aromatic carbocycles. The highest BCUT2D eigenvalue weighted by Gasteiger charge is 2.39. The van der Waals surface area contributed by atoms with Crippen LogP contribution in [0.2, 0.25) is 0 Å². The summed E-state index contributed by atoms with van der Waals surface area (Å²) in [6.07, 6.45) is 13.5. The van der Waals surface area contributed by atoms with E-state index in [1.54, 1.807) is 0 Å². The molecule has 0 N–H and O–H groups in total. The number of hydrogen-bond donors (Lipinski definition) is 0. The second-order valence-electron chi connectivity index (χ2n) is 6.85. The summed E-state index contributed by atoms with van der Waals surface area (Å²) in [5, 5.41) is 0. The Morgan fingerprint density at radius 1 is 0.812 bits per heavy atom. The van der Waals surface area contributed by atoms with Crippen LogP contribution >= 0.6 is 0 Å². The standard InChI is InChI=1S/C15H27N/c1-15(9-3-2-4-10-15)16-11-13-5-6-14(12-16)8-7-13/h13-14H,2-12H2,1H3. The number of nitrogens with zero attached hydrogens (tertiary/aromatic N) is 1. The molecule has 4 fully saturated rings. The zero-order valence-corrected chi connectivity index (χ0v) is 10.9. The van der Waals surface area contributed by atoms with E-state index in [2.05, 4.69) is 11.8 Å². The van der Waals surface area contributed by atoms with Gasteiger partial charge in [0.1, 0.15) is 0 Å². The summed E-state index contributed by atoms with van der Waals surface area (Å²) < 4.78 is 0. The van der Waals surface area contributed by atoms with E-state index in [1.807, 2.05) is 0 Å². The van der Waals surface area contributed by atoms with Crippen LogP contribution in [0, 0.1) is 11.8 Å². The topological polar surface area (TPSA) is 3.24 Å². The predicted molar refractivity (Wildman–Crippen MR) is 68.5 cm³/mol. The predicted octanol–water partition coefficient (Wildman–Crippen LogP) is 3.83. The second-order valence-corrected chi connectivity index (χ2v) is 6.85. The maximum absolute atomic E-state index is 2.90. The van der Waals surface area contributed by atoms with Crippen LogP contribution in [0.1, 0.15) is 64.7 Å². The van der Waals surface area contributed by atoms with Gasteiger partial charge in [0.05, 0.1) is 0 Å². The fourth-order valence-electron chi connectivity index (χ4n) is 4.36.